The lowest BCUT2D eigenvalue weighted by Gasteiger charge is -2.03. The molecule has 0 amide bonds. The summed E-state index contributed by atoms with van der Waals surface area (Å²) in [6.45, 7) is 2.10. The van der Waals surface area contributed by atoms with Crippen LogP contribution in [0.5, 0.6) is 0 Å². The molecule has 0 aliphatic rings. The molecular weight excluding hydrogens is 382 g/mol. The van der Waals surface area contributed by atoms with Gasteiger partial charge >= 0.3 is 0 Å². The second-order valence-electron chi connectivity index (χ2n) is 6.87. The van der Waals surface area contributed by atoms with Crippen molar-refractivity contribution in [3.8, 4) is 34.0 Å². The molecule has 0 spiro atoms. The van der Waals surface area contributed by atoms with Gasteiger partial charge in [0.1, 0.15) is 5.69 Å². The highest BCUT2D eigenvalue weighted by Crippen LogP contribution is 2.37. The van der Waals surface area contributed by atoms with Crippen molar-refractivity contribution in [1.82, 2.24) is 4.98 Å². The molecule has 0 saturated heterocycles. The van der Waals surface area contributed by atoms with E-state index in [1.165, 1.54) is 6.26 Å². The van der Waals surface area contributed by atoms with Crippen LogP contribution in [-0.2, 0) is 16.3 Å². The van der Waals surface area contributed by atoms with Gasteiger partial charge < -0.3 is 4.42 Å². The second-order valence-corrected chi connectivity index (χ2v) is 8.89. The first-order chi connectivity index (χ1) is 14.0. The van der Waals surface area contributed by atoms with Gasteiger partial charge in [-0.2, -0.15) is 0 Å². The lowest BCUT2D eigenvalue weighted by molar-refractivity contribution is 0.588. The quantitative estimate of drug-likeness (QED) is 0.432. The van der Waals surface area contributed by atoms with Gasteiger partial charge in [-0.15, -0.1) is 0 Å². The molecule has 0 radical (unpaired) electrons. The molecular formula is C24H21NO3S. The minimum atomic E-state index is -3.25. The van der Waals surface area contributed by atoms with Crippen molar-refractivity contribution in [2.75, 3.05) is 6.26 Å². The number of aromatic nitrogens is 1. The fourth-order valence-corrected chi connectivity index (χ4v) is 3.94. The number of nitrogens with zero attached hydrogens (tertiary/aromatic N) is 1. The maximum atomic E-state index is 11.8. The largest absolute Gasteiger partial charge is 0.435 e. The van der Waals surface area contributed by atoms with E-state index in [1.807, 2.05) is 48.5 Å². The molecule has 3 aromatic carbocycles. The van der Waals surface area contributed by atoms with Gasteiger partial charge in [-0.3, -0.25) is 0 Å². The van der Waals surface area contributed by atoms with Crippen LogP contribution in [0, 0.1) is 0 Å². The second kappa shape index (κ2) is 7.68. The molecule has 0 aliphatic heterocycles. The molecule has 4 rings (SSSR count). The van der Waals surface area contributed by atoms with E-state index >= 15 is 0 Å². The molecule has 4 aromatic rings. The summed E-state index contributed by atoms with van der Waals surface area (Å²) in [7, 11) is -3.25. The lowest BCUT2D eigenvalue weighted by atomic mass is 10.1. The summed E-state index contributed by atoms with van der Waals surface area (Å²) in [6, 6.07) is 24.6. The fourth-order valence-electron chi connectivity index (χ4n) is 3.31. The number of hydrogen-bond acceptors (Lipinski definition) is 4. The number of aryl methyl sites for hydroxylation is 1. The third-order valence-corrected chi connectivity index (χ3v) is 5.98. The SMILES string of the molecule is CCc1ccccc1-c1nc(-c2ccc(S(C)(=O)=O)cc2)c(-c2ccccc2)o1. The molecule has 0 N–H and O–H groups in total. The Kier molecular flexibility index (Phi) is 5.07. The molecule has 0 atom stereocenters. The average Bonchev–Trinajstić information content (AvgIpc) is 3.19. The zero-order chi connectivity index (χ0) is 20.4. The first-order valence-electron chi connectivity index (χ1n) is 9.42. The van der Waals surface area contributed by atoms with E-state index in [4.69, 9.17) is 9.40 Å². The smallest absolute Gasteiger partial charge is 0.227 e. The summed E-state index contributed by atoms with van der Waals surface area (Å²) in [5, 5.41) is 0. The molecule has 0 bridgehead atoms. The Bertz CT molecular complexity index is 1240. The van der Waals surface area contributed by atoms with Gasteiger partial charge in [-0.1, -0.05) is 67.6 Å². The van der Waals surface area contributed by atoms with E-state index in [0.717, 1.165) is 28.7 Å². The highest BCUT2D eigenvalue weighted by atomic mass is 32.2. The average molecular weight is 404 g/mol. The Morgan fingerprint density at radius 2 is 1.48 bits per heavy atom. The lowest BCUT2D eigenvalue weighted by Crippen LogP contribution is -1.96. The van der Waals surface area contributed by atoms with Crippen molar-refractivity contribution in [3.05, 3.63) is 84.4 Å². The van der Waals surface area contributed by atoms with E-state index in [2.05, 4.69) is 13.0 Å². The fraction of sp³-hybridized carbons (Fsp3) is 0.125. The maximum Gasteiger partial charge on any atom is 0.227 e. The van der Waals surface area contributed by atoms with Crippen molar-refractivity contribution in [2.24, 2.45) is 0 Å². The zero-order valence-corrected chi connectivity index (χ0v) is 17.1. The summed E-state index contributed by atoms with van der Waals surface area (Å²) in [5.41, 5.74) is 4.54. The molecule has 29 heavy (non-hydrogen) atoms. The van der Waals surface area contributed by atoms with E-state index in [9.17, 15) is 8.42 Å². The first kappa shape index (κ1) is 19.2. The Balaban J connectivity index is 1.89. The van der Waals surface area contributed by atoms with Gasteiger partial charge in [0.2, 0.25) is 5.89 Å². The van der Waals surface area contributed by atoms with Crippen LogP contribution >= 0.6 is 0 Å². The Morgan fingerprint density at radius 3 is 2.14 bits per heavy atom. The van der Waals surface area contributed by atoms with Crippen LogP contribution in [0.3, 0.4) is 0 Å². The van der Waals surface area contributed by atoms with Crippen LogP contribution < -0.4 is 0 Å². The van der Waals surface area contributed by atoms with Gasteiger partial charge in [-0.05, 0) is 30.2 Å². The Labute approximate surface area is 170 Å². The summed E-state index contributed by atoms with van der Waals surface area (Å²) < 4.78 is 29.8. The van der Waals surface area contributed by atoms with Gasteiger partial charge in [0.25, 0.3) is 0 Å². The highest BCUT2D eigenvalue weighted by molar-refractivity contribution is 7.90. The first-order valence-corrected chi connectivity index (χ1v) is 11.3. The zero-order valence-electron chi connectivity index (χ0n) is 16.3. The van der Waals surface area contributed by atoms with Crippen molar-refractivity contribution < 1.29 is 12.8 Å². The third kappa shape index (κ3) is 3.87. The minimum absolute atomic E-state index is 0.280. The molecule has 0 saturated carbocycles. The van der Waals surface area contributed by atoms with Crippen molar-refractivity contribution in [2.45, 2.75) is 18.2 Å². The number of hydrogen-bond donors (Lipinski definition) is 0. The van der Waals surface area contributed by atoms with E-state index in [-0.39, 0.29) is 4.90 Å². The van der Waals surface area contributed by atoms with Gasteiger partial charge in [0, 0.05) is 22.9 Å². The van der Waals surface area contributed by atoms with Crippen LogP contribution in [0.2, 0.25) is 0 Å². The summed E-state index contributed by atoms with van der Waals surface area (Å²) >= 11 is 0. The third-order valence-electron chi connectivity index (χ3n) is 4.85. The molecule has 1 aromatic heterocycles. The van der Waals surface area contributed by atoms with Gasteiger partial charge in [-0.25, -0.2) is 13.4 Å². The standard InChI is InChI=1S/C24H21NO3S/c1-3-17-9-7-8-12-21(17)24-25-22(23(28-24)19-10-5-4-6-11-19)18-13-15-20(16-14-18)29(2,26)27/h4-16H,3H2,1-2H3. The number of oxazole rings is 1. The van der Waals surface area contributed by atoms with Crippen LogP contribution in [0.15, 0.2) is 88.2 Å². The predicted molar refractivity (Wildman–Crippen MR) is 115 cm³/mol. The van der Waals surface area contributed by atoms with Crippen molar-refractivity contribution in [3.63, 3.8) is 0 Å². The van der Waals surface area contributed by atoms with Crippen LogP contribution in [0.25, 0.3) is 34.0 Å². The van der Waals surface area contributed by atoms with Crippen molar-refractivity contribution in [1.29, 1.82) is 0 Å². The molecule has 1 heterocycles. The minimum Gasteiger partial charge on any atom is -0.435 e. The monoisotopic (exact) mass is 403 g/mol. The number of rotatable bonds is 5. The Morgan fingerprint density at radius 1 is 0.828 bits per heavy atom. The summed E-state index contributed by atoms with van der Waals surface area (Å²) in [4.78, 5) is 5.09. The molecule has 146 valence electrons. The summed E-state index contributed by atoms with van der Waals surface area (Å²) in [5.74, 6) is 1.22. The van der Waals surface area contributed by atoms with E-state index in [0.29, 0.717) is 17.3 Å². The Hall–Kier alpha value is -3.18. The van der Waals surface area contributed by atoms with Gasteiger partial charge in [0.15, 0.2) is 15.6 Å². The number of sulfone groups is 1. The molecule has 4 nitrogen and oxygen atoms in total. The molecule has 0 aliphatic carbocycles. The van der Waals surface area contributed by atoms with E-state index in [1.54, 1.807) is 24.3 Å². The van der Waals surface area contributed by atoms with Crippen LogP contribution in [-0.4, -0.2) is 19.7 Å². The normalized spacial score (nSPS) is 11.5. The van der Waals surface area contributed by atoms with Gasteiger partial charge in [0.05, 0.1) is 4.90 Å². The molecule has 5 heteroatoms. The van der Waals surface area contributed by atoms with Crippen LogP contribution in [0.4, 0.5) is 0 Å². The molecule has 0 unspecified atom stereocenters. The van der Waals surface area contributed by atoms with E-state index < -0.39 is 9.84 Å². The topological polar surface area (TPSA) is 60.2 Å². The van der Waals surface area contributed by atoms with Crippen molar-refractivity contribution >= 4 is 9.84 Å². The summed E-state index contributed by atoms with van der Waals surface area (Å²) in [6.07, 6.45) is 2.07. The molecule has 0 fully saturated rings. The number of benzene rings is 3. The maximum absolute atomic E-state index is 11.8. The highest BCUT2D eigenvalue weighted by Gasteiger charge is 2.19. The van der Waals surface area contributed by atoms with Crippen LogP contribution in [0.1, 0.15) is 12.5 Å². The predicted octanol–water partition coefficient (Wildman–Crippen LogP) is 5.64.